The van der Waals surface area contributed by atoms with E-state index < -0.39 is 0 Å². The Hall–Kier alpha value is -2.37. The van der Waals surface area contributed by atoms with Crippen LogP contribution in [0.4, 0.5) is 17.1 Å². The fraction of sp³-hybridized carbons (Fsp3) is 0.176. The highest BCUT2D eigenvalue weighted by Gasteiger charge is 2.28. The summed E-state index contributed by atoms with van der Waals surface area (Å²) < 4.78 is 0. The van der Waals surface area contributed by atoms with Crippen LogP contribution in [-0.4, -0.2) is 25.4 Å². The molecule has 0 saturated carbocycles. The zero-order valence-corrected chi connectivity index (χ0v) is 13.5. The minimum absolute atomic E-state index is 0. The third-order valence-corrected chi connectivity index (χ3v) is 3.62. The van der Waals surface area contributed by atoms with Crippen molar-refractivity contribution in [3.05, 3.63) is 54.1 Å². The van der Waals surface area contributed by atoms with Gasteiger partial charge in [0.2, 0.25) is 5.91 Å². The largest absolute Gasteiger partial charge is 0.320 e. The van der Waals surface area contributed by atoms with E-state index in [9.17, 15) is 9.59 Å². The van der Waals surface area contributed by atoms with Crippen LogP contribution in [0.3, 0.4) is 0 Å². The van der Waals surface area contributed by atoms with Gasteiger partial charge in [-0.1, -0.05) is 24.3 Å². The van der Waals surface area contributed by atoms with Gasteiger partial charge in [0.1, 0.15) is 0 Å². The Morgan fingerprint density at radius 3 is 2.48 bits per heavy atom. The monoisotopic (exact) mass is 331 g/mol. The first-order chi connectivity index (χ1) is 10.7. The molecule has 0 spiro atoms. The summed E-state index contributed by atoms with van der Waals surface area (Å²) in [5.74, 6) is -0.252. The maximum atomic E-state index is 12.7. The Bertz CT molecular complexity index is 733. The second-order valence-electron chi connectivity index (χ2n) is 5.07. The van der Waals surface area contributed by atoms with Crippen molar-refractivity contribution in [1.82, 2.24) is 5.32 Å². The van der Waals surface area contributed by atoms with Crippen LogP contribution in [0.25, 0.3) is 0 Å². The van der Waals surface area contributed by atoms with Crippen molar-refractivity contribution in [2.24, 2.45) is 0 Å². The van der Waals surface area contributed by atoms with E-state index in [1.807, 2.05) is 31.3 Å². The molecule has 0 aromatic heterocycles. The molecule has 0 aliphatic carbocycles. The quantitative estimate of drug-likeness (QED) is 0.909. The maximum Gasteiger partial charge on any atom is 0.257 e. The van der Waals surface area contributed by atoms with E-state index in [4.69, 9.17) is 0 Å². The van der Waals surface area contributed by atoms with Gasteiger partial charge in [0.05, 0.1) is 22.6 Å². The van der Waals surface area contributed by atoms with Crippen molar-refractivity contribution in [1.29, 1.82) is 0 Å². The Balaban J connectivity index is 0.00000192. The lowest BCUT2D eigenvalue weighted by atomic mass is 10.1. The van der Waals surface area contributed by atoms with Gasteiger partial charge in [-0.05, 0) is 31.3 Å². The van der Waals surface area contributed by atoms with E-state index in [1.165, 1.54) is 0 Å². The lowest BCUT2D eigenvalue weighted by Crippen LogP contribution is -2.29. The van der Waals surface area contributed by atoms with E-state index in [2.05, 4.69) is 10.6 Å². The molecular formula is C17H18ClN3O2. The number of halogens is 1. The Morgan fingerprint density at radius 2 is 1.74 bits per heavy atom. The number of rotatable bonds is 3. The number of hydrogen-bond acceptors (Lipinski definition) is 3. The minimum Gasteiger partial charge on any atom is -0.320 e. The lowest BCUT2D eigenvalue weighted by Gasteiger charge is -2.24. The molecular weight excluding hydrogens is 314 g/mol. The summed E-state index contributed by atoms with van der Waals surface area (Å²) >= 11 is 0. The molecule has 1 heterocycles. The molecule has 1 aliphatic rings. The van der Waals surface area contributed by atoms with Crippen molar-refractivity contribution in [2.45, 2.75) is 6.42 Å². The number of amides is 2. The molecule has 2 aromatic rings. The summed E-state index contributed by atoms with van der Waals surface area (Å²) in [6, 6.07) is 14.5. The normalized spacial score (nSPS) is 12.4. The number of nitrogens with one attached hydrogen (secondary N) is 2. The highest BCUT2D eigenvalue weighted by Crippen LogP contribution is 2.37. The zero-order valence-electron chi connectivity index (χ0n) is 12.7. The van der Waals surface area contributed by atoms with E-state index in [1.54, 1.807) is 29.2 Å². The third kappa shape index (κ3) is 3.21. The lowest BCUT2D eigenvalue weighted by molar-refractivity contribution is -0.117. The van der Waals surface area contributed by atoms with Gasteiger partial charge in [-0.15, -0.1) is 12.4 Å². The molecule has 0 bridgehead atoms. The first kappa shape index (κ1) is 17.0. The number of benzene rings is 2. The van der Waals surface area contributed by atoms with Gasteiger partial charge in [-0.3, -0.25) is 14.5 Å². The van der Waals surface area contributed by atoms with Gasteiger partial charge in [0, 0.05) is 13.0 Å². The van der Waals surface area contributed by atoms with Crippen LogP contribution in [0.1, 0.15) is 16.8 Å². The van der Waals surface area contributed by atoms with Crippen molar-refractivity contribution >= 4 is 41.3 Å². The first-order valence-corrected chi connectivity index (χ1v) is 7.19. The summed E-state index contributed by atoms with van der Waals surface area (Å²) in [7, 11) is 1.81. The topological polar surface area (TPSA) is 61.4 Å². The summed E-state index contributed by atoms with van der Waals surface area (Å²) in [5, 5.41) is 5.85. The molecule has 2 N–H and O–H groups in total. The Morgan fingerprint density at radius 1 is 1.09 bits per heavy atom. The number of para-hydroxylation sites is 3. The molecule has 1 aliphatic heterocycles. The Labute approximate surface area is 141 Å². The highest BCUT2D eigenvalue weighted by molar-refractivity contribution is 6.17. The number of fused-ring (bicyclic) bond motifs is 2. The van der Waals surface area contributed by atoms with E-state index in [0.29, 0.717) is 35.6 Å². The number of nitrogens with zero attached hydrogens (tertiary/aromatic N) is 1. The molecule has 0 fully saturated rings. The summed E-state index contributed by atoms with van der Waals surface area (Å²) in [5.41, 5.74) is 2.45. The van der Waals surface area contributed by atoms with Gasteiger partial charge in [-0.2, -0.15) is 0 Å². The fourth-order valence-electron chi connectivity index (χ4n) is 2.57. The molecule has 3 rings (SSSR count). The van der Waals surface area contributed by atoms with Crippen LogP contribution in [0.15, 0.2) is 48.5 Å². The molecule has 0 saturated heterocycles. The zero-order chi connectivity index (χ0) is 15.5. The third-order valence-electron chi connectivity index (χ3n) is 3.62. The van der Waals surface area contributed by atoms with E-state index in [0.717, 1.165) is 0 Å². The van der Waals surface area contributed by atoms with Crippen LogP contribution >= 0.6 is 12.4 Å². The van der Waals surface area contributed by atoms with Crippen LogP contribution in [0, 0.1) is 0 Å². The predicted molar refractivity (Wildman–Crippen MR) is 93.8 cm³/mol. The SMILES string of the molecule is CNCCC(=O)N1c2ccccc2NC(=O)c2ccccc21.Cl. The number of hydrogen-bond donors (Lipinski definition) is 2. The molecule has 6 heteroatoms. The smallest absolute Gasteiger partial charge is 0.257 e. The molecule has 120 valence electrons. The van der Waals surface area contributed by atoms with Crippen LogP contribution < -0.4 is 15.5 Å². The molecule has 0 unspecified atom stereocenters. The molecule has 2 amide bonds. The van der Waals surface area contributed by atoms with Gasteiger partial charge in [0.25, 0.3) is 5.91 Å². The van der Waals surface area contributed by atoms with Crippen molar-refractivity contribution in [3.8, 4) is 0 Å². The Kier molecular flexibility index (Phi) is 5.36. The maximum absolute atomic E-state index is 12.7. The van der Waals surface area contributed by atoms with Crippen molar-refractivity contribution in [3.63, 3.8) is 0 Å². The predicted octanol–water partition coefficient (Wildman–Crippen LogP) is 2.95. The van der Waals surface area contributed by atoms with Crippen molar-refractivity contribution in [2.75, 3.05) is 23.8 Å². The highest BCUT2D eigenvalue weighted by atomic mass is 35.5. The van der Waals surface area contributed by atoms with Gasteiger partial charge in [-0.25, -0.2) is 0 Å². The summed E-state index contributed by atoms with van der Waals surface area (Å²) in [6.07, 6.45) is 0.355. The number of anilines is 3. The van der Waals surface area contributed by atoms with Crippen LogP contribution in [0.2, 0.25) is 0 Å². The minimum atomic E-state index is -0.202. The molecule has 0 radical (unpaired) electrons. The second-order valence-corrected chi connectivity index (χ2v) is 5.07. The van der Waals surface area contributed by atoms with Gasteiger partial charge in [0.15, 0.2) is 0 Å². The fourth-order valence-corrected chi connectivity index (χ4v) is 2.57. The first-order valence-electron chi connectivity index (χ1n) is 7.19. The molecule has 0 atom stereocenters. The average Bonchev–Trinajstić information content (AvgIpc) is 2.67. The molecule has 2 aromatic carbocycles. The van der Waals surface area contributed by atoms with E-state index >= 15 is 0 Å². The molecule has 5 nitrogen and oxygen atoms in total. The number of carbonyl (C=O) groups is 2. The van der Waals surface area contributed by atoms with Crippen LogP contribution in [0.5, 0.6) is 0 Å². The van der Waals surface area contributed by atoms with Crippen molar-refractivity contribution < 1.29 is 9.59 Å². The second kappa shape index (κ2) is 7.26. The van der Waals surface area contributed by atoms with Gasteiger partial charge < -0.3 is 10.6 Å². The average molecular weight is 332 g/mol. The summed E-state index contributed by atoms with van der Waals surface area (Å²) in [4.78, 5) is 26.7. The molecule has 23 heavy (non-hydrogen) atoms. The van der Waals surface area contributed by atoms with Gasteiger partial charge >= 0.3 is 0 Å². The van der Waals surface area contributed by atoms with Crippen LogP contribution in [-0.2, 0) is 4.79 Å². The standard InChI is InChI=1S/C17H17N3O2.ClH/c1-18-11-10-16(21)20-14-8-4-2-6-12(14)17(22)19-13-7-3-5-9-15(13)20;/h2-9,18H,10-11H2,1H3,(H,19,22);1H. The summed E-state index contributed by atoms with van der Waals surface area (Å²) in [6.45, 7) is 0.584. The van der Waals surface area contributed by atoms with E-state index in [-0.39, 0.29) is 24.2 Å². The number of carbonyl (C=O) groups excluding carboxylic acids is 2.